The number of amides is 1. The Morgan fingerprint density at radius 2 is 2.03 bits per heavy atom. The molecule has 1 amide bonds. The third kappa shape index (κ3) is 4.07. The van der Waals surface area contributed by atoms with Crippen LogP contribution in [-0.2, 0) is 11.2 Å². The predicted molar refractivity (Wildman–Crippen MR) is 121 cm³/mol. The molecule has 10 heteroatoms. The monoisotopic (exact) mass is 471 g/mol. The average molecular weight is 472 g/mol. The summed E-state index contributed by atoms with van der Waals surface area (Å²) >= 11 is 2.65. The molecule has 0 bridgehead atoms. The minimum Gasteiger partial charge on any atom is -0.454 e. The van der Waals surface area contributed by atoms with Gasteiger partial charge in [-0.1, -0.05) is 18.7 Å². The van der Waals surface area contributed by atoms with Gasteiger partial charge >= 0.3 is 0 Å². The highest BCUT2D eigenvalue weighted by molar-refractivity contribution is 8.00. The molecule has 3 heterocycles. The number of carbonyl (C=O) groups excluding carboxylic acids is 1. The topological polar surface area (TPSA) is 82.4 Å². The Balaban J connectivity index is 1.39. The van der Waals surface area contributed by atoms with E-state index in [0.717, 1.165) is 17.5 Å². The van der Waals surface area contributed by atoms with Crippen molar-refractivity contribution in [1.29, 1.82) is 0 Å². The number of anilines is 1. The number of carbonyl (C=O) groups is 1. The number of rotatable bonds is 5. The second-order valence-electron chi connectivity index (χ2n) is 7.32. The van der Waals surface area contributed by atoms with Crippen LogP contribution in [0.15, 0.2) is 57.3 Å². The van der Waals surface area contributed by atoms with E-state index < -0.39 is 5.82 Å². The van der Waals surface area contributed by atoms with E-state index in [1.54, 1.807) is 18.2 Å². The predicted octanol–water partition coefficient (Wildman–Crippen LogP) is 3.87. The number of nitrogens with one attached hydrogen (secondary N) is 1. The summed E-state index contributed by atoms with van der Waals surface area (Å²) in [7, 11) is 0. The summed E-state index contributed by atoms with van der Waals surface area (Å²) < 4.78 is 25.5. The van der Waals surface area contributed by atoms with Gasteiger partial charge in [-0.2, -0.15) is 0 Å². The first-order valence-corrected chi connectivity index (χ1v) is 11.8. The van der Waals surface area contributed by atoms with Gasteiger partial charge < -0.3 is 14.8 Å². The molecular formula is C22H18FN3O4S2. The van der Waals surface area contributed by atoms with Gasteiger partial charge in [0.25, 0.3) is 5.56 Å². The lowest BCUT2D eigenvalue weighted by Crippen LogP contribution is -2.24. The Hall–Kier alpha value is -2.98. The molecule has 1 N–H and O–H groups in total. The minimum absolute atomic E-state index is 0.0452. The Morgan fingerprint density at radius 3 is 2.84 bits per heavy atom. The fraction of sp³-hybridized carbons (Fsp3) is 0.227. The van der Waals surface area contributed by atoms with E-state index in [-0.39, 0.29) is 29.3 Å². The maximum absolute atomic E-state index is 13.4. The first-order chi connectivity index (χ1) is 15.5. The Bertz CT molecular complexity index is 1260. The normalized spacial score (nSPS) is 16.1. The number of fused-ring (bicyclic) bond motifs is 2. The van der Waals surface area contributed by atoms with Crippen molar-refractivity contribution in [3.8, 4) is 17.2 Å². The molecule has 0 unspecified atom stereocenters. The van der Waals surface area contributed by atoms with Crippen molar-refractivity contribution < 1.29 is 18.7 Å². The molecule has 2 aliphatic heterocycles. The van der Waals surface area contributed by atoms with Crippen molar-refractivity contribution in [1.82, 2.24) is 9.55 Å². The maximum atomic E-state index is 13.4. The van der Waals surface area contributed by atoms with Gasteiger partial charge in [-0.05, 0) is 36.4 Å². The Morgan fingerprint density at radius 1 is 1.25 bits per heavy atom. The highest BCUT2D eigenvalue weighted by Gasteiger charge is 2.27. The quantitative estimate of drug-likeness (QED) is 0.447. The van der Waals surface area contributed by atoms with Crippen LogP contribution in [0.1, 0.15) is 12.6 Å². The van der Waals surface area contributed by atoms with Crippen molar-refractivity contribution in [3.05, 3.63) is 64.3 Å². The molecular weight excluding hydrogens is 453 g/mol. The molecule has 0 radical (unpaired) electrons. The van der Waals surface area contributed by atoms with Crippen LogP contribution in [0.3, 0.4) is 0 Å². The van der Waals surface area contributed by atoms with E-state index in [9.17, 15) is 14.0 Å². The van der Waals surface area contributed by atoms with E-state index in [1.165, 1.54) is 40.6 Å². The first-order valence-electron chi connectivity index (χ1n) is 9.89. The van der Waals surface area contributed by atoms with E-state index in [4.69, 9.17) is 9.47 Å². The van der Waals surface area contributed by atoms with E-state index >= 15 is 0 Å². The van der Waals surface area contributed by atoms with Crippen LogP contribution < -0.4 is 20.3 Å². The number of nitrogens with zero attached hydrogens (tertiary/aromatic N) is 2. The lowest BCUT2D eigenvalue weighted by Gasteiger charge is -2.14. The van der Waals surface area contributed by atoms with Gasteiger partial charge in [0, 0.05) is 23.4 Å². The Kier molecular flexibility index (Phi) is 5.56. The molecule has 5 rings (SSSR count). The van der Waals surface area contributed by atoms with Crippen LogP contribution in [-0.4, -0.2) is 33.3 Å². The maximum Gasteiger partial charge on any atom is 0.272 e. The van der Waals surface area contributed by atoms with Gasteiger partial charge in [-0.25, -0.2) is 9.37 Å². The van der Waals surface area contributed by atoms with Gasteiger partial charge in [0.1, 0.15) is 5.82 Å². The number of aromatic nitrogens is 2. The van der Waals surface area contributed by atoms with E-state index in [0.29, 0.717) is 39.3 Å². The summed E-state index contributed by atoms with van der Waals surface area (Å²) in [6.45, 7) is 2.20. The summed E-state index contributed by atoms with van der Waals surface area (Å²) in [5.41, 5.74) is 1.63. The van der Waals surface area contributed by atoms with E-state index in [1.807, 2.05) is 6.92 Å². The second kappa shape index (κ2) is 8.51. The van der Waals surface area contributed by atoms with Crippen LogP contribution in [0.2, 0.25) is 0 Å². The van der Waals surface area contributed by atoms with Gasteiger partial charge in [-0.15, -0.1) is 11.8 Å². The smallest absolute Gasteiger partial charge is 0.272 e. The zero-order valence-corrected chi connectivity index (χ0v) is 18.6. The van der Waals surface area contributed by atoms with Crippen LogP contribution in [0, 0.1) is 5.82 Å². The van der Waals surface area contributed by atoms with Crippen molar-refractivity contribution in [3.63, 3.8) is 0 Å². The molecule has 0 spiro atoms. The zero-order valence-electron chi connectivity index (χ0n) is 17.0. The SMILES string of the molecule is C[C@@H]1Cc2nc(SCC(=O)Nc3ccc4c(c3)OCO4)n(-c3ccc(F)cc3)c(=O)c2S1. The highest BCUT2D eigenvalue weighted by Crippen LogP contribution is 2.36. The largest absolute Gasteiger partial charge is 0.454 e. The van der Waals surface area contributed by atoms with Crippen LogP contribution in [0.5, 0.6) is 11.5 Å². The zero-order chi connectivity index (χ0) is 22.2. The van der Waals surface area contributed by atoms with E-state index in [2.05, 4.69) is 10.3 Å². The lowest BCUT2D eigenvalue weighted by molar-refractivity contribution is -0.113. The van der Waals surface area contributed by atoms with Crippen molar-refractivity contribution in [2.45, 2.75) is 28.6 Å². The second-order valence-corrected chi connectivity index (χ2v) is 9.72. The third-order valence-corrected chi connectivity index (χ3v) is 7.11. The molecule has 2 aromatic carbocycles. The summed E-state index contributed by atoms with van der Waals surface area (Å²) in [5, 5.41) is 3.47. The van der Waals surface area contributed by atoms with Gasteiger partial charge in [0.05, 0.1) is 22.0 Å². The van der Waals surface area contributed by atoms with Crippen molar-refractivity contribution >= 4 is 35.1 Å². The molecule has 3 aromatic rings. The molecule has 0 aliphatic carbocycles. The summed E-state index contributed by atoms with van der Waals surface area (Å²) in [4.78, 5) is 31.1. The number of hydrogen-bond acceptors (Lipinski definition) is 7. The van der Waals surface area contributed by atoms with Gasteiger partial charge in [0.15, 0.2) is 16.7 Å². The number of thioether (sulfide) groups is 2. The van der Waals surface area contributed by atoms with Crippen molar-refractivity contribution in [2.24, 2.45) is 0 Å². The molecule has 164 valence electrons. The first kappa shape index (κ1) is 20.9. The number of hydrogen-bond donors (Lipinski definition) is 1. The average Bonchev–Trinajstić information content (AvgIpc) is 3.39. The molecule has 7 nitrogen and oxygen atoms in total. The van der Waals surface area contributed by atoms with Crippen LogP contribution in [0.25, 0.3) is 5.69 Å². The molecule has 2 aliphatic rings. The highest BCUT2D eigenvalue weighted by atomic mass is 32.2. The molecule has 0 saturated heterocycles. The molecule has 1 aromatic heterocycles. The third-order valence-electron chi connectivity index (χ3n) is 4.95. The fourth-order valence-corrected chi connectivity index (χ4v) is 5.44. The van der Waals surface area contributed by atoms with Crippen LogP contribution in [0.4, 0.5) is 10.1 Å². The lowest BCUT2D eigenvalue weighted by atomic mass is 10.2. The summed E-state index contributed by atoms with van der Waals surface area (Å²) in [6.07, 6.45) is 0.691. The minimum atomic E-state index is -0.392. The number of benzene rings is 2. The Labute approximate surface area is 191 Å². The summed E-state index contributed by atoms with van der Waals surface area (Å²) in [5.74, 6) is 0.611. The number of halogens is 1. The van der Waals surface area contributed by atoms with Crippen LogP contribution >= 0.6 is 23.5 Å². The standard InChI is InChI=1S/C22H18FN3O4S2/c1-12-8-16-20(32-12)21(28)26(15-5-2-13(23)3-6-15)22(25-16)31-10-19(27)24-14-4-7-17-18(9-14)30-11-29-17/h2-7,9,12H,8,10-11H2,1H3,(H,24,27)/t12-/m1/s1. The molecule has 32 heavy (non-hydrogen) atoms. The number of ether oxygens (including phenoxy) is 2. The molecule has 0 saturated carbocycles. The van der Waals surface area contributed by atoms with Crippen molar-refractivity contribution in [2.75, 3.05) is 17.9 Å². The molecule has 1 atom stereocenters. The summed E-state index contributed by atoms with van der Waals surface area (Å²) in [6, 6.07) is 10.8. The fourth-order valence-electron chi connectivity index (χ4n) is 3.52. The van der Waals surface area contributed by atoms with Gasteiger partial charge in [0.2, 0.25) is 12.7 Å². The van der Waals surface area contributed by atoms with Gasteiger partial charge in [-0.3, -0.25) is 14.2 Å². The molecule has 0 fully saturated rings.